The Labute approximate surface area is 107 Å². The second kappa shape index (κ2) is 6.46. The first kappa shape index (κ1) is 15.4. The predicted molar refractivity (Wildman–Crippen MR) is 65.4 cm³/mol. The monoisotopic (exact) mass is 280 g/mol. The van der Waals surface area contributed by atoms with Crippen LogP contribution in [0.5, 0.6) is 0 Å². The molecule has 7 nitrogen and oxygen atoms in total. The van der Waals surface area contributed by atoms with Crippen LogP contribution in [0.3, 0.4) is 0 Å². The lowest BCUT2D eigenvalue weighted by Gasteiger charge is -2.32. The highest BCUT2D eigenvalue weighted by molar-refractivity contribution is 7.87. The first-order valence-corrected chi connectivity index (χ1v) is 7.34. The normalized spacial score (nSPS) is 23.8. The molecular formula is C10H20N2O5S. The number of rotatable bonds is 6. The third-order valence-corrected chi connectivity index (χ3v) is 4.75. The highest BCUT2D eigenvalue weighted by Gasteiger charge is 2.30. The molecule has 2 unspecified atom stereocenters. The van der Waals surface area contributed by atoms with Crippen LogP contribution in [0.2, 0.25) is 0 Å². The molecule has 1 aliphatic heterocycles. The summed E-state index contributed by atoms with van der Waals surface area (Å²) < 4.78 is 32.4. The molecule has 1 saturated heterocycles. The van der Waals surface area contributed by atoms with Gasteiger partial charge in [-0.1, -0.05) is 6.42 Å². The molecule has 1 aliphatic rings. The van der Waals surface area contributed by atoms with Crippen molar-refractivity contribution in [2.45, 2.75) is 38.3 Å². The van der Waals surface area contributed by atoms with E-state index in [0.29, 0.717) is 6.54 Å². The standard InChI is InChI=1S/C10H20N2O5S/c1-8-5-3-4-6-12(8)18(15,16)11-7-9(17-2)10(13)14/h8-9,11H,3-7H2,1-2H3,(H,13,14). The van der Waals surface area contributed by atoms with Gasteiger partial charge >= 0.3 is 5.97 Å². The Kier molecular flexibility index (Phi) is 5.51. The molecule has 0 saturated carbocycles. The molecule has 106 valence electrons. The molecule has 0 radical (unpaired) electrons. The number of hydrogen-bond donors (Lipinski definition) is 2. The number of methoxy groups -OCH3 is 1. The number of piperidine rings is 1. The van der Waals surface area contributed by atoms with E-state index in [9.17, 15) is 13.2 Å². The SMILES string of the molecule is COC(CNS(=O)(=O)N1CCCCC1C)C(=O)O. The number of hydrogen-bond acceptors (Lipinski definition) is 4. The predicted octanol–water partition coefficient (Wildman–Crippen LogP) is -0.205. The average molecular weight is 280 g/mol. The zero-order chi connectivity index (χ0) is 13.8. The zero-order valence-electron chi connectivity index (χ0n) is 10.6. The number of nitrogens with zero attached hydrogens (tertiary/aromatic N) is 1. The van der Waals surface area contributed by atoms with Gasteiger partial charge in [0.2, 0.25) is 0 Å². The fourth-order valence-electron chi connectivity index (χ4n) is 1.96. The van der Waals surface area contributed by atoms with Crippen LogP contribution in [0.4, 0.5) is 0 Å². The summed E-state index contributed by atoms with van der Waals surface area (Å²) in [6.45, 7) is 2.06. The molecule has 0 aromatic rings. The summed E-state index contributed by atoms with van der Waals surface area (Å²) in [5.41, 5.74) is 0. The van der Waals surface area contributed by atoms with Crippen molar-refractivity contribution in [1.29, 1.82) is 0 Å². The highest BCUT2D eigenvalue weighted by Crippen LogP contribution is 2.18. The van der Waals surface area contributed by atoms with Gasteiger partial charge in [-0.05, 0) is 19.8 Å². The van der Waals surface area contributed by atoms with Gasteiger partial charge in [0.1, 0.15) is 0 Å². The minimum atomic E-state index is -3.63. The maximum absolute atomic E-state index is 12.0. The van der Waals surface area contributed by atoms with Crippen LogP contribution in [0, 0.1) is 0 Å². The third-order valence-electron chi connectivity index (χ3n) is 3.06. The zero-order valence-corrected chi connectivity index (χ0v) is 11.4. The van der Waals surface area contributed by atoms with Gasteiger partial charge in [-0.2, -0.15) is 17.4 Å². The summed E-state index contributed by atoms with van der Waals surface area (Å²) in [6, 6.07) is -0.0536. The lowest BCUT2D eigenvalue weighted by Crippen LogP contribution is -2.50. The first-order valence-electron chi connectivity index (χ1n) is 5.90. The van der Waals surface area contributed by atoms with Crippen LogP contribution < -0.4 is 4.72 Å². The molecule has 0 amide bonds. The Morgan fingerprint density at radius 1 is 1.56 bits per heavy atom. The van der Waals surface area contributed by atoms with Crippen molar-refractivity contribution in [1.82, 2.24) is 9.03 Å². The summed E-state index contributed by atoms with van der Waals surface area (Å²) in [7, 11) is -2.40. The van der Waals surface area contributed by atoms with E-state index in [1.54, 1.807) is 0 Å². The van der Waals surface area contributed by atoms with Crippen LogP contribution >= 0.6 is 0 Å². The van der Waals surface area contributed by atoms with E-state index in [4.69, 9.17) is 5.11 Å². The molecule has 1 heterocycles. The maximum Gasteiger partial charge on any atom is 0.334 e. The molecule has 0 bridgehead atoms. The lowest BCUT2D eigenvalue weighted by molar-refractivity contribution is -0.147. The minimum Gasteiger partial charge on any atom is -0.479 e. The molecule has 2 atom stereocenters. The van der Waals surface area contributed by atoms with Crippen LogP contribution in [0.25, 0.3) is 0 Å². The average Bonchev–Trinajstić information content (AvgIpc) is 2.29. The summed E-state index contributed by atoms with van der Waals surface area (Å²) in [5, 5.41) is 8.76. The van der Waals surface area contributed by atoms with Gasteiger partial charge in [0.25, 0.3) is 10.2 Å². The van der Waals surface area contributed by atoms with E-state index >= 15 is 0 Å². The highest BCUT2D eigenvalue weighted by atomic mass is 32.2. The summed E-state index contributed by atoms with van der Waals surface area (Å²) >= 11 is 0. The Balaban J connectivity index is 2.61. The summed E-state index contributed by atoms with van der Waals surface area (Å²) in [5.74, 6) is -1.19. The molecule has 2 N–H and O–H groups in total. The molecule has 0 spiro atoms. The molecule has 18 heavy (non-hydrogen) atoms. The van der Waals surface area contributed by atoms with Crippen molar-refractivity contribution in [3.63, 3.8) is 0 Å². The first-order chi connectivity index (χ1) is 8.38. The van der Waals surface area contributed by atoms with Crippen molar-refractivity contribution in [3.8, 4) is 0 Å². The van der Waals surface area contributed by atoms with Gasteiger partial charge < -0.3 is 9.84 Å². The number of nitrogens with one attached hydrogen (secondary N) is 1. The number of carboxylic acids is 1. The van der Waals surface area contributed by atoms with E-state index in [2.05, 4.69) is 9.46 Å². The van der Waals surface area contributed by atoms with Crippen LogP contribution in [0.1, 0.15) is 26.2 Å². The number of carbonyl (C=O) groups is 1. The quantitative estimate of drug-likeness (QED) is 0.702. The fraction of sp³-hybridized carbons (Fsp3) is 0.900. The second-order valence-corrected chi connectivity index (χ2v) is 6.08. The summed E-state index contributed by atoms with van der Waals surface area (Å²) in [6.07, 6.45) is 1.51. The van der Waals surface area contributed by atoms with E-state index in [1.807, 2.05) is 6.92 Å². The van der Waals surface area contributed by atoms with E-state index in [0.717, 1.165) is 19.3 Å². The van der Waals surface area contributed by atoms with E-state index < -0.39 is 22.3 Å². The lowest BCUT2D eigenvalue weighted by atomic mass is 10.1. The van der Waals surface area contributed by atoms with E-state index in [1.165, 1.54) is 11.4 Å². The van der Waals surface area contributed by atoms with Gasteiger partial charge in [0, 0.05) is 26.2 Å². The van der Waals surface area contributed by atoms with Crippen molar-refractivity contribution >= 4 is 16.2 Å². The van der Waals surface area contributed by atoms with Gasteiger partial charge in [-0.15, -0.1) is 0 Å². The van der Waals surface area contributed by atoms with Crippen molar-refractivity contribution in [2.24, 2.45) is 0 Å². The fourth-order valence-corrected chi connectivity index (χ4v) is 3.44. The van der Waals surface area contributed by atoms with E-state index in [-0.39, 0.29) is 12.6 Å². The smallest absolute Gasteiger partial charge is 0.334 e. The van der Waals surface area contributed by atoms with Gasteiger partial charge in [-0.3, -0.25) is 0 Å². The molecule has 1 fully saturated rings. The maximum atomic E-state index is 12.0. The van der Waals surface area contributed by atoms with Gasteiger partial charge in [0.05, 0.1) is 0 Å². The van der Waals surface area contributed by atoms with Gasteiger partial charge in [0.15, 0.2) is 6.10 Å². The number of aliphatic carboxylic acids is 1. The Hall–Kier alpha value is -0.700. The van der Waals surface area contributed by atoms with Crippen LogP contribution in [0.15, 0.2) is 0 Å². The van der Waals surface area contributed by atoms with Crippen molar-refractivity contribution < 1.29 is 23.1 Å². The molecule has 0 aromatic heterocycles. The Bertz CT molecular complexity index is 384. The molecule has 0 aliphatic carbocycles. The minimum absolute atomic E-state index is 0.0536. The summed E-state index contributed by atoms with van der Waals surface area (Å²) in [4.78, 5) is 10.7. The van der Waals surface area contributed by atoms with Crippen LogP contribution in [-0.4, -0.2) is 56.1 Å². The molecule has 0 aromatic carbocycles. The van der Waals surface area contributed by atoms with Crippen molar-refractivity contribution in [3.05, 3.63) is 0 Å². The molecule has 1 rings (SSSR count). The largest absolute Gasteiger partial charge is 0.479 e. The second-order valence-electron chi connectivity index (χ2n) is 4.37. The Morgan fingerprint density at radius 2 is 2.22 bits per heavy atom. The number of carboxylic acid groups (broad SMARTS) is 1. The van der Waals surface area contributed by atoms with Crippen LogP contribution in [-0.2, 0) is 19.7 Å². The molecular weight excluding hydrogens is 260 g/mol. The van der Waals surface area contributed by atoms with Crippen molar-refractivity contribution in [2.75, 3.05) is 20.2 Å². The topological polar surface area (TPSA) is 95.9 Å². The third kappa shape index (κ3) is 3.91. The number of ether oxygens (including phenoxy) is 1. The Morgan fingerprint density at radius 3 is 2.72 bits per heavy atom. The molecule has 8 heteroatoms. The van der Waals surface area contributed by atoms with Gasteiger partial charge in [-0.25, -0.2) is 4.79 Å².